The monoisotopic (exact) mass is 352 g/mol. The van der Waals surface area contributed by atoms with Gasteiger partial charge in [-0.05, 0) is 25.5 Å². The summed E-state index contributed by atoms with van der Waals surface area (Å²) >= 11 is 0. The average Bonchev–Trinajstić information content (AvgIpc) is 2.95. The molecule has 2 aromatic rings. The molecule has 134 valence electrons. The molecule has 2 N–H and O–H groups in total. The average molecular weight is 352 g/mol. The normalized spacial score (nSPS) is 10.4. The molecule has 0 saturated heterocycles. The zero-order valence-electron chi connectivity index (χ0n) is 13.8. The van der Waals surface area contributed by atoms with E-state index >= 15 is 0 Å². The van der Waals surface area contributed by atoms with Gasteiger partial charge in [-0.2, -0.15) is 0 Å². The van der Waals surface area contributed by atoms with E-state index in [9.17, 15) is 18.4 Å². The van der Waals surface area contributed by atoms with E-state index in [-0.39, 0.29) is 18.1 Å². The summed E-state index contributed by atoms with van der Waals surface area (Å²) in [5, 5.41) is 8.58. The fourth-order valence-corrected chi connectivity index (χ4v) is 2.08. The number of nitrogens with one attached hydrogen (secondary N) is 2. The zero-order valence-corrected chi connectivity index (χ0v) is 13.8. The Morgan fingerprint density at radius 2 is 1.96 bits per heavy atom. The molecule has 7 nitrogen and oxygen atoms in total. The highest BCUT2D eigenvalue weighted by Gasteiger charge is 2.18. The smallest absolute Gasteiger partial charge is 0.322 e. The van der Waals surface area contributed by atoms with Crippen molar-refractivity contribution in [2.75, 3.05) is 23.7 Å². The molecule has 0 bridgehead atoms. The molecular weight excluding hydrogens is 334 g/mol. The number of rotatable bonds is 6. The van der Waals surface area contributed by atoms with Gasteiger partial charge >= 0.3 is 6.03 Å². The SMILES string of the molecule is CCCN(CC(=O)Nc1cc(C)on1)C(=O)Nc1ccc(F)c(F)c1. The van der Waals surface area contributed by atoms with E-state index in [4.69, 9.17) is 4.52 Å². The molecule has 0 aliphatic carbocycles. The summed E-state index contributed by atoms with van der Waals surface area (Å²) in [6, 6.07) is 3.96. The Bertz CT molecular complexity index is 764. The second-order valence-corrected chi connectivity index (χ2v) is 5.35. The second kappa shape index (κ2) is 8.22. The van der Waals surface area contributed by atoms with Gasteiger partial charge in [0.05, 0.1) is 0 Å². The van der Waals surface area contributed by atoms with Gasteiger partial charge in [0, 0.05) is 24.4 Å². The maximum absolute atomic E-state index is 13.2. The van der Waals surface area contributed by atoms with Crippen LogP contribution >= 0.6 is 0 Å². The molecular formula is C16H18F2N4O3. The molecule has 25 heavy (non-hydrogen) atoms. The third-order valence-electron chi connectivity index (χ3n) is 3.18. The molecule has 0 radical (unpaired) electrons. The topological polar surface area (TPSA) is 87.5 Å². The first kappa shape index (κ1) is 18.4. The quantitative estimate of drug-likeness (QED) is 0.836. The molecule has 0 spiro atoms. The lowest BCUT2D eigenvalue weighted by Gasteiger charge is -2.21. The molecule has 1 aromatic carbocycles. The standard InChI is InChI=1S/C16H18F2N4O3/c1-3-6-22(9-15(23)20-14-7-10(2)25-21-14)16(24)19-11-4-5-12(17)13(18)8-11/h4-5,7-8H,3,6,9H2,1-2H3,(H,19,24)(H,20,21,23). The van der Waals surface area contributed by atoms with Gasteiger partial charge in [-0.25, -0.2) is 13.6 Å². The van der Waals surface area contributed by atoms with Crippen molar-refractivity contribution in [2.45, 2.75) is 20.3 Å². The van der Waals surface area contributed by atoms with Crippen LogP contribution in [0, 0.1) is 18.6 Å². The molecule has 1 aromatic heterocycles. The highest BCUT2D eigenvalue weighted by atomic mass is 19.2. The molecule has 0 saturated carbocycles. The maximum Gasteiger partial charge on any atom is 0.322 e. The van der Waals surface area contributed by atoms with Crippen molar-refractivity contribution in [3.63, 3.8) is 0 Å². The van der Waals surface area contributed by atoms with Crippen LogP contribution in [0.15, 0.2) is 28.8 Å². The zero-order chi connectivity index (χ0) is 18.4. The lowest BCUT2D eigenvalue weighted by atomic mass is 10.3. The van der Waals surface area contributed by atoms with E-state index < -0.39 is 23.6 Å². The van der Waals surface area contributed by atoms with Crippen molar-refractivity contribution in [2.24, 2.45) is 0 Å². The number of halogens is 2. The molecule has 0 atom stereocenters. The molecule has 0 aliphatic rings. The number of nitrogens with zero attached hydrogens (tertiary/aromatic N) is 2. The fraction of sp³-hybridized carbons (Fsp3) is 0.312. The first-order valence-corrected chi connectivity index (χ1v) is 7.63. The Balaban J connectivity index is 1.99. The number of aryl methyl sites for hydroxylation is 1. The van der Waals surface area contributed by atoms with Gasteiger partial charge in [-0.1, -0.05) is 12.1 Å². The van der Waals surface area contributed by atoms with E-state index in [2.05, 4.69) is 15.8 Å². The predicted molar refractivity (Wildman–Crippen MR) is 87.1 cm³/mol. The Morgan fingerprint density at radius 1 is 1.20 bits per heavy atom. The number of anilines is 2. The minimum atomic E-state index is -1.07. The number of hydrogen-bond donors (Lipinski definition) is 2. The summed E-state index contributed by atoms with van der Waals surface area (Å²) in [5.74, 6) is -1.75. The first-order valence-electron chi connectivity index (χ1n) is 7.63. The number of hydrogen-bond acceptors (Lipinski definition) is 4. The van der Waals surface area contributed by atoms with Crippen molar-refractivity contribution in [3.05, 3.63) is 41.7 Å². The number of aromatic nitrogens is 1. The number of carbonyl (C=O) groups excluding carboxylic acids is 2. The number of amides is 3. The van der Waals surface area contributed by atoms with Gasteiger partial charge in [0.2, 0.25) is 5.91 Å². The summed E-state index contributed by atoms with van der Waals surface area (Å²) in [6.07, 6.45) is 0.613. The van der Waals surface area contributed by atoms with Crippen molar-refractivity contribution < 1.29 is 22.9 Å². The lowest BCUT2D eigenvalue weighted by Crippen LogP contribution is -2.41. The van der Waals surface area contributed by atoms with Crippen molar-refractivity contribution in [3.8, 4) is 0 Å². The molecule has 3 amide bonds. The van der Waals surface area contributed by atoms with Crippen LogP contribution in [0.2, 0.25) is 0 Å². The minimum Gasteiger partial charge on any atom is -0.360 e. The largest absolute Gasteiger partial charge is 0.360 e. The summed E-state index contributed by atoms with van der Waals surface area (Å²) in [4.78, 5) is 25.6. The van der Waals surface area contributed by atoms with E-state index in [0.717, 1.165) is 12.1 Å². The van der Waals surface area contributed by atoms with Crippen LogP contribution in [0.3, 0.4) is 0 Å². The van der Waals surface area contributed by atoms with Crippen LogP contribution in [0.1, 0.15) is 19.1 Å². The van der Waals surface area contributed by atoms with Gasteiger partial charge in [-0.15, -0.1) is 0 Å². The molecule has 1 heterocycles. The number of carbonyl (C=O) groups is 2. The first-order chi connectivity index (χ1) is 11.9. The van der Waals surface area contributed by atoms with E-state index in [1.165, 1.54) is 11.0 Å². The van der Waals surface area contributed by atoms with E-state index in [1.54, 1.807) is 13.0 Å². The maximum atomic E-state index is 13.2. The molecule has 0 unspecified atom stereocenters. The third kappa shape index (κ3) is 5.27. The molecule has 0 aliphatic heterocycles. The Kier molecular flexibility index (Phi) is 6.04. The van der Waals surface area contributed by atoms with E-state index in [0.29, 0.717) is 18.7 Å². The van der Waals surface area contributed by atoms with Crippen LogP contribution in [0.25, 0.3) is 0 Å². The van der Waals surface area contributed by atoms with Crippen LogP contribution in [-0.2, 0) is 4.79 Å². The Hall–Kier alpha value is -2.97. The molecule has 0 fully saturated rings. The van der Waals surface area contributed by atoms with Crippen molar-refractivity contribution >= 4 is 23.4 Å². The predicted octanol–water partition coefficient (Wildman–Crippen LogP) is 3.14. The lowest BCUT2D eigenvalue weighted by molar-refractivity contribution is -0.116. The minimum absolute atomic E-state index is 0.0949. The van der Waals surface area contributed by atoms with Crippen molar-refractivity contribution in [1.82, 2.24) is 10.1 Å². The summed E-state index contributed by atoms with van der Waals surface area (Å²) in [6.45, 7) is 3.61. The van der Waals surface area contributed by atoms with Gasteiger partial charge in [0.1, 0.15) is 12.3 Å². The fourth-order valence-electron chi connectivity index (χ4n) is 2.08. The highest BCUT2D eigenvalue weighted by molar-refractivity contribution is 5.96. The summed E-state index contributed by atoms with van der Waals surface area (Å²) in [5.41, 5.74) is 0.0949. The van der Waals surface area contributed by atoms with Gasteiger partial charge in [0.15, 0.2) is 17.5 Å². The highest BCUT2D eigenvalue weighted by Crippen LogP contribution is 2.14. The number of benzene rings is 1. The van der Waals surface area contributed by atoms with Crippen LogP contribution < -0.4 is 10.6 Å². The second-order valence-electron chi connectivity index (χ2n) is 5.35. The third-order valence-corrected chi connectivity index (χ3v) is 3.18. The van der Waals surface area contributed by atoms with Crippen molar-refractivity contribution in [1.29, 1.82) is 0 Å². The van der Waals surface area contributed by atoms with E-state index in [1.807, 2.05) is 6.92 Å². The molecule has 9 heteroatoms. The number of urea groups is 1. The Morgan fingerprint density at radius 3 is 2.56 bits per heavy atom. The Labute approximate surface area is 143 Å². The molecule has 2 rings (SSSR count). The van der Waals surface area contributed by atoms with Gasteiger partial charge in [0.25, 0.3) is 0 Å². The summed E-state index contributed by atoms with van der Waals surface area (Å²) in [7, 11) is 0. The summed E-state index contributed by atoms with van der Waals surface area (Å²) < 4.78 is 31.0. The van der Waals surface area contributed by atoms with Crippen LogP contribution in [0.4, 0.5) is 25.1 Å². The van der Waals surface area contributed by atoms with Gasteiger partial charge < -0.3 is 20.1 Å². The van der Waals surface area contributed by atoms with Crippen LogP contribution in [-0.4, -0.2) is 35.1 Å². The van der Waals surface area contributed by atoms with Crippen LogP contribution in [0.5, 0.6) is 0 Å². The van der Waals surface area contributed by atoms with Gasteiger partial charge in [-0.3, -0.25) is 4.79 Å².